The molecule has 0 heterocycles. The van der Waals surface area contributed by atoms with Crippen molar-refractivity contribution in [2.75, 3.05) is 26.2 Å². The van der Waals surface area contributed by atoms with Crippen LogP contribution in [0.15, 0.2) is 46.0 Å². The Bertz CT molecular complexity index is 923. The molecule has 0 bridgehead atoms. The molecule has 0 aromatic heterocycles. The summed E-state index contributed by atoms with van der Waals surface area (Å²) < 4.78 is 24.3. The van der Waals surface area contributed by atoms with E-state index in [0.717, 1.165) is 6.42 Å². The first-order chi connectivity index (χ1) is 16.8. The molecule has 1 aromatic carbocycles. The Morgan fingerprint density at radius 1 is 1.22 bits per heavy atom. The van der Waals surface area contributed by atoms with E-state index in [9.17, 15) is 14.3 Å². The third-order valence-corrected chi connectivity index (χ3v) is 4.70. The predicted molar refractivity (Wildman–Crippen MR) is 142 cm³/mol. The molecule has 0 aliphatic rings. The molecule has 0 saturated carbocycles. The lowest BCUT2D eigenvalue weighted by Crippen LogP contribution is -2.44. The summed E-state index contributed by atoms with van der Waals surface area (Å²) in [6, 6.07) is 5.73. The van der Waals surface area contributed by atoms with Crippen molar-refractivity contribution in [1.29, 1.82) is 0 Å². The van der Waals surface area contributed by atoms with Gasteiger partial charge >= 0.3 is 6.09 Å². The molecule has 202 valence electrons. The molecule has 9 nitrogen and oxygen atoms in total. The number of ether oxygens (including phenoxy) is 2. The van der Waals surface area contributed by atoms with Gasteiger partial charge in [0.15, 0.2) is 0 Å². The third-order valence-electron chi connectivity index (χ3n) is 4.70. The van der Waals surface area contributed by atoms with Crippen molar-refractivity contribution in [3.8, 4) is 5.75 Å². The van der Waals surface area contributed by atoms with E-state index in [1.54, 1.807) is 46.8 Å². The Kier molecular flexibility index (Phi) is 13.1. The number of carbonyl (C=O) groups excluding carboxylic acids is 1. The normalized spacial score (nSPS) is 14.8. The van der Waals surface area contributed by atoms with Crippen LogP contribution in [0.5, 0.6) is 5.75 Å². The zero-order chi connectivity index (χ0) is 27.2. The van der Waals surface area contributed by atoms with Crippen LogP contribution in [0, 0.1) is 5.82 Å². The standard InChI is InChI=1S/C26H42FN5O4/c1-7-11-26(34,18-29-14-15-31-24(33)36-25(4,5)6)12-13-30-20(3)32-23(16-19(2)28)35-22-10-8-9-21(27)17-22/h8-10,16-17,29,34H,7,11-15,18,28H2,1-6H3,(H,31,33). The number of halogens is 1. The van der Waals surface area contributed by atoms with Crippen molar-refractivity contribution in [3.05, 3.63) is 41.9 Å². The lowest BCUT2D eigenvalue weighted by atomic mass is 9.94. The summed E-state index contributed by atoms with van der Waals surface area (Å²) in [5.74, 6) is 0.496. The van der Waals surface area contributed by atoms with Crippen molar-refractivity contribution in [2.45, 2.75) is 72.0 Å². The largest absolute Gasteiger partial charge is 0.444 e. The van der Waals surface area contributed by atoms with Crippen LogP contribution in [-0.4, -0.2) is 60.3 Å². The molecular formula is C26H42FN5O4. The van der Waals surface area contributed by atoms with Gasteiger partial charge in [0.25, 0.3) is 0 Å². The van der Waals surface area contributed by atoms with Gasteiger partial charge in [-0.25, -0.2) is 9.18 Å². The van der Waals surface area contributed by atoms with Crippen LogP contribution in [-0.2, 0) is 4.74 Å². The number of hydrogen-bond acceptors (Lipinski definition) is 7. The zero-order valence-electron chi connectivity index (χ0n) is 22.4. The second-order valence-electron chi connectivity index (χ2n) is 9.66. The summed E-state index contributed by atoms with van der Waals surface area (Å²) in [5.41, 5.74) is 4.74. The highest BCUT2D eigenvalue weighted by Gasteiger charge is 2.25. The average molecular weight is 508 g/mol. The molecule has 1 atom stereocenters. The number of nitrogens with one attached hydrogen (secondary N) is 2. The molecule has 0 fully saturated rings. The fourth-order valence-corrected chi connectivity index (χ4v) is 3.21. The lowest BCUT2D eigenvalue weighted by molar-refractivity contribution is 0.0251. The Morgan fingerprint density at radius 3 is 2.56 bits per heavy atom. The summed E-state index contributed by atoms with van der Waals surface area (Å²) in [4.78, 5) is 20.5. The number of nitrogens with zero attached hydrogens (tertiary/aromatic N) is 2. The Morgan fingerprint density at radius 2 is 1.94 bits per heavy atom. The Labute approximate surface area is 214 Å². The van der Waals surface area contributed by atoms with Gasteiger partial charge in [0.05, 0.1) is 5.60 Å². The van der Waals surface area contributed by atoms with Crippen molar-refractivity contribution in [1.82, 2.24) is 10.6 Å². The molecule has 1 rings (SSSR count). The summed E-state index contributed by atoms with van der Waals surface area (Å²) in [6.45, 7) is 12.4. The van der Waals surface area contributed by atoms with E-state index in [-0.39, 0.29) is 5.90 Å². The molecule has 36 heavy (non-hydrogen) atoms. The Balaban J connectivity index is 2.65. The molecule has 1 amide bonds. The van der Waals surface area contributed by atoms with E-state index in [1.165, 1.54) is 18.2 Å². The smallest absolute Gasteiger partial charge is 0.407 e. The van der Waals surface area contributed by atoms with Gasteiger partial charge in [-0.3, -0.25) is 4.99 Å². The summed E-state index contributed by atoms with van der Waals surface area (Å²) in [5, 5.41) is 16.9. The first-order valence-corrected chi connectivity index (χ1v) is 12.2. The number of amidine groups is 1. The molecule has 0 aliphatic carbocycles. The van der Waals surface area contributed by atoms with Crippen molar-refractivity contribution in [3.63, 3.8) is 0 Å². The fraction of sp³-hybridized carbons (Fsp3) is 0.577. The Hall–Kier alpha value is -2.98. The van der Waals surface area contributed by atoms with Gasteiger partial charge < -0.3 is 30.9 Å². The van der Waals surface area contributed by atoms with Crippen LogP contribution in [0.25, 0.3) is 0 Å². The van der Waals surface area contributed by atoms with Crippen LogP contribution >= 0.6 is 0 Å². The summed E-state index contributed by atoms with van der Waals surface area (Å²) >= 11 is 0. The van der Waals surface area contributed by atoms with E-state index < -0.39 is 23.1 Å². The number of hydrogen-bond donors (Lipinski definition) is 4. The van der Waals surface area contributed by atoms with Gasteiger partial charge in [-0.15, -0.1) is 0 Å². The molecule has 0 aliphatic heterocycles. The van der Waals surface area contributed by atoms with Gasteiger partial charge in [-0.2, -0.15) is 4.99 Å². The zero-order valence-corrected chi connectivity index (χ0v) is 22.4. The van der Waals surface area contributed by atoms with Crippen molar-refractivity contribution >= 4 is 17.8 Å². The molecule has 0 radical (unpaired) electrons. The van der Waals surface area contributed by atoms with Crippen molar-refractivity contribution in [2.24, 2.45) is 15.7 Å². The minimum Gasteiger partial charge on any atom is -0.444 e. The average Bonchev–Trinajstić information content (AvgIpc) is 2.72. The highest BCUT2D eigenvalue weighted by molar-refractivity contribution is 5.99. The molecule has 10 heteroatoms. The minimum atomic E-state index is -0.956. The number of aliphatic imine (C=N–C) groups is 2. The lowest BCUT2D eigenvalue weighted by Gasteiger charge is -2.28. The third kappa shape index (κ3) is 14.4. The van der Waals surface area contributed by atoms with Crippen molar-refractivity contribution < 1.29 is 23.8 Å². The molecule has 5 N–H and O–H groups in total. The highest BCUT2D eigenvalue weighted by atomic mass is 19.1. The SMILES string of the molecule is CCCC(O)(CCN=C(C)N=C(C=C(C)N)Oc1cccc(F)c1)CNCCNC(=O)OC(C)(C)C. The number of benzene rings is 1. The van der Waals surface area contributed by atoms with E-state index in [1.807, 2.05) is 6.92 Å². The number of carbonyl (C=O) groups is 1. The van der Waals surface area contributed by atoms with E-state index in [0.29, 0.717) is 56.3 Å². The number of aliphatic hydroxyl groups is 1. The second-order valence-corrected chi connectivity index (χ2v) is 9.66. The topological polar surface area (TPSA) is 131 Å². The van der Waals surface area contributed by atoms with Gasteiger partial charge in [0, 0.05) is 44.0 Å². The van der Waals surface area contributed by atoms with E-state index in [2.05, 4.69) is 20.6 Å². The van der Waals surface area contributed by atoms with Gasteiger partial charge in [-0.1, -0.05) is 19.4 Å². The maximum absolute atomic E-state index is 13.5. The maximum Gasteiger partial charge on any atom is 0.407 e. The molecular weight excluding hydrogens is 465 g/mol. The fourth-order valence-electron chi connectivity index (χ4n) is 3.21. The van der Waals surface area contributed by atoms with Gasteiger partial charge in [-0.05, 0) is 59.6 Å². The van der Waals surface area contributed by atoms with E-state index >= 15 is 0 Å². The molecule has 1 unspecified atom stereocenters. The van der Waals surface area contributed by atoms with Crippen LogP contribution in [0.1, 0.15) is 60.8 Å². The summed E-state index contributed by atoms with van der Waals surface area (Å²) in [6.07, 6.45) is 2.89. The van der Waals surface area contributed by atoms with Crippen LogP contribution in [0.3, 0.4) is 0 Å². The number of amides is 1. The highest BCUT2D eigenvalue weighted by Crippen LogP contribution is 2.17. The second kappa shape index (κ2) is 15.2. The number of allylic oxidation sites excluding steroid dienone is 1. The van der Waals surface area contributed by atoms with Gasteiger partial charge in [0.2, 0.25) is 5.90 Å². The van der Waals surface area contributed by atoms with Crippen LogP contribution in [0.4, 0.5) is 9.18 Å². The summed E-state index contributed by atoms with van der Waals surface area (Å²) in [7, 11) is 0. The monoisotopic (exact) mass is 507 g/mol. The number of alkyl carbamates (subject to hydrolysis) is 1. The quantitative estimate of drug-likeness (QED) is 0.193. The first-order valence-electron chi connectivity index (χ1n) is 12.2. The first kappa shape index (κ1) is 31.1. The minimum absolute atomic E-state index is 0.185. The van der Waals surface area contributed by atoms with Crippen LogP contribution in [0.2, 0.25) is 0 Å². The molecule has 0 saturated heterocycles. The predicted octanol–water partition coefficient (Wildman–Crippen LogP) is 3.92. The van der Waals surface area contributed by atoms with Crippen LogP contribution < -0.4 is 21.1 Å². The van der Waals surface area contributed by atoms with E-state index in [4.69, 9.17) is 15.2 Å². The van der Waals surface area contributed by atoms with Gasteiger partial charge in [0.1, 0.15) is 23.0 Å². The number of rotatable bonds is 12. The molecule has 1 aromatic rings. The maximum atomic E-state index is 13.5. The number of nitrogens with two attached hydrogens (primary N) is 1. The molecule has 0 spiro atoms.